The molecule has 2 aromatic carbocycles. The van der Waals surface area contributed by atoms with E-state index in [1.807, 2.05) is 11.0 Å². The lowest BCUT2D eigenvalue weighted by molar-refractivity contribution is 0.0535. The van der Waals surface area contributed by atoms with Crippen LogP contribution in [0.2, 0.25) is 5.02 Å². The number of carbonyl (C=O) groups is 2. The highest BCUT2D eigenvalue weighted by molar-refractivity contribution is 8.15. The van der Waals surface area contributed by atoms with Crippen LogP contribution in [-0.2, 0) is 10.0 Å². The Morgan fingerprint density at radius 3 is 2.12 bits per heavy atom. The molecule has 0 bridgehead atoms. The van der Waals surface area contributed by atoms with Crippen molar-refractivity contribution in [3.8, 4) is 0 Å². The van der Waals surface area contributed by atoms with Crippen molar-refractivity contribution in [2.24, 2.45) is 4.40 Å². The molecular weight excluding hydrogens is 472 g/mol. The van der Waals surface area contributed by atoms with Gasteiger partial charge in [-0.15, -0.1) is 4.40 Å². The Morgan fingerprint density at radius 2 is 1.47 bits per heavy atom. The number of hydrogen-bond acceptors (Lipinski definition) is 6. The highest BCUT2D eigenvalue weighted by Gasteiger charge is 2.34. The zero-order valence-corrected chi connectivity index (χ0v) is 19.3. The van der Waals surface area contributed by atoms with Crippen LogP contribution in [-0.4, -0.2) is 73.7 Å². The van der Waals surface area contributed by atoms with Crippen molar-refractivity contribution >= 4 is 56.1 Å². The minimum Gasteiger partial charge on any atom is -0.335 e. The van der Waals surface area contributed by atoms with Crippen molar-refractivity contribution in [2.45, 2.75) is 4.90 Å². The average molecular weight is 491 g/mol. The van der Waals surface area contributed by atoms with Gasteiger partial charge in [0.25, 0.3) is 21.8 Å². The number of thioether (sulfide) groups is 1. The molecule has 2 aromatic rings. The van der Waals surface area contributed by atoms with Crippen molar-refractivity contribution in [2.75, 3.05) is 43.4 Å². The summed E-state index contributed by atoms with van der Waals surface area (Å²) >= 11 is 7.16. The number of amides is 2. The summed E-state index contributed by atoms with van der Waals surface area (Å²) in [7, 11) is -3.42. The smallest absolute Gasteiger partial charge is 0.257 e. The average Bonchev–Trinajstić information content (AvgIpc) is 3.14. The second kappa shape index (κ2) is 8.09. The number of rotatable bonds is 2. The fourth-order valence-corrected chi connectivity index (χ4v) is 6.36. The van der Waals surface area contributed by atoms with Gasteiger partial charge >= 0.3 is 0 Å². The number of fused-ring (bicyclic) bond motifs is 3. The largest absolute Gasteiger partial charge is 0.335 e. The molecule has 1 saturated heterocycles. The Labute approximate surface area is 194 Å². The van der Waals surface area contributed by atoms with Gasteiger partial charge in [0.1, 0.15) is 0 Å². The minimum absolute atomic E-state index is 0.0177. The molecule has 3 aliphatic heterocycles. The van der Waals surface area contributed by atoms with E-state index in [0.29, 0.717) is 54.0 Å². The molecular formula is C21H19ClN4O4S2. The predicted molar refractivity (Wildman–Crippen MR) is 124 cm³/mol. The number of halogens is 1. The van der Waals surface area contributed by atoms with Crippen molar-refractivity contribution in [3.05, 3.63) is 58.6 Å². The number of sulfonamides is 1. The van der Waals surface area contributed by atoms with E-state index in [4.69, 9.17) is 11.6 Å². The molecule has 3 heterocycles. The molecule has 0 aliphatic carbocycles. The minimum atomic E-state index is -3.42. The summed E-state index contributed by atoms with van der Waals surface area (Å²) in [5, 5.41) is 1.01. The second-order valence-corrected chi connectivity index (χ2v) is 10.9. The summed E-state index contributed by atoms with van der Waals surface area (Å²) in [5.74, 6) is -0.197. The van der Waals surface area contributed by atoms with Gasteiger partial charge in [-0.05, 0) is 54.2 Å². The molecule has 0 unspecified atom stereocenters. The number of anilines is 1. The van der Waals surface area contributed by atoms with E-state index in [2.05, 4.69) is 4.40 Å². The first-order valence-corrected chi connectivity index (χ1v) is 12.9. The lowest BCUT2D eigenvalue weighted by Gasteiger charge is -2.35. The number of carbonyl (C=O) groups excluding carboxylic acids is 2. The van der Waals surface area contributed by atoms with Crippen molar-refractivity contribution in [1.82, 2.24) is 9.80 Å². The van der Waals surface area contributed by atoms with E-state index in [9.17, 15) is 18.0 Å². The SMILES string of the molecule is O=C(c1ccc(Cl)cc1)N1CCN(C(=O)c2ccc3c(c2)SC2=NS(=O)(=O)CCN23)CC1. The van der Waals surface area contributed by atoms with Crippen LogP contribution in [0.3, 0.4) is 0 Å². The molecule has 8 nitrogen and oxygen atoms in total. The van der Waals surface area contributed by atoms with E-state index in [-0.39, 0.29) is 17.6 Å². The van der Waals surface area contributed by atoms with Crippen molar-refractivity contribution < 1.29 is 18.0 Å². The zero-order valence-electron chi connectivity index (χ0n) is 16.9. The maximum atomic E-state index is 13.1. The van der Waals surface area contributed by atoms with Crippen LogP contribution in [0, 0.1) is 0 Å². The normalized spacial score (nSPS) is 19.3. The Morgan fingerprint density at radius 1 is 0.875 bits per heavy atom. The van der Waals surface area contributed by atoms with E-state index in [0.717, 1.165) is 10.6 Å². The van der Waals surface area contributed by atoms with E-state index >= 15 is 0 Å². The Balaban J connectivity index is 1.26. The number of piperazine rings is 1. The summed E-state index contributed by atoms with van der Waals surface area (Å²) < 4.78 is 27.4. The van der Waals surface area contributed by atoms with E-state index < -0.39 is 10.0 Å². The fraction of sp³-hybridized carbons (Fsp3) is 0.286. The molecule has 0 saturated carbocycles. The van der Waals surface area contributed by atoms with Crippen LogP contribution in [0.5, 0.6) is 0 Å². The third kappa shape index (κ3) is 3.98. The van der Waals surface area contributed by atoms with Gasteiger partial charge in [-0.25, -0.2) is 8.42 Å². The summed E-state index contributed by atoms with van der Waals surface area (Å²) in [6.07, 6.45) is 0. The molecule has 0 spiro atoms. The number of benzene rings is 2. The molecule has 5 rings (SSSR count). The first kappa shape index (κ1) is 21.3. The monoisotopic (exact) mass is 490 g/mol. The Hall–Kier alpha value is -2.56. The quantitative estimate of drug-likeness (QED) is 0.642. The van der Waals surface area contributed by atoms with Gasteiger partial charge in [-0.3, -0.25) is 9.59 Å². The highest BCUT2D eigenvalue weighted by atomic mass is 35.5. The fourth-order valence-electron chi connectivity index (χ4n) is 3.93. The first-order valence-electron chi connectivity index (χ1n) is 10.1. The van der Waals surface area contributed by atoms with Gasteiger partial charge in [-0.2, -0.15) is 0 Å². The lowest BCUT2D eigenvalue weighted by atomic mass is 10.1. The van der Waals surface area contributed by atoms with Crippen LogP contribution in [0.1, 0.15) is 20.7 Å². The Kier molecular flexibility index (Phi) is 5.39. The van der Waals surface area contributed by atoms with E-state index in [1.165, 1.54) is 11.8 Å². The van der Waals surface area contributed by atoms with Gasteiger partial charge in [0, 0.05) is 53.8 Å². The summed E-state index contributed by atoms with van der Waals surface area (Å²) in [5.41, 5.74) is 1.99. The Bertz CT molecular complexity index is 1240. The van der Waals surface area contributed by atoms with Crippen molar-refractivity contribution in [3.63, 3.8) is 0 Å². The first-order chi connectivity index (χ1) is 15.3. The molecule has 2 amide bonds. The number of amidine groups is 1. The summed E-state index contributed by atoms with van der Waals surface area (Å²) in [4.78, 5) is 31.9. The molecule has 3 aliphatic rings. The standard InChI is InChI=1S/C21H19ClN4O4S2/c22-16-4-1-14(2-5-16)19(27)24-7-9-25(10-8-24)20(28)15-3-6-17-18(13-15)31-21-23-32(29,30)12-11-26(17)21/h1-6,13H,7-12H2. The maximum Gasteiger partial charge on any atom is 0.257 e. The molecule has 11 heteroatoms. The van der Waals surface area contributed by atoms with E-state index in [1.54, 1.807) is 46.2 Å². The molecule has 0 aromatic heterocycles. The molecule has 0 radical (unpaired) electrons. The molecule has 166 valence electrons. The van der Waals surface area contributed by atoms with Crippen LogP contribution < -0.4 is 4.90 Å². The van der Waals surface area contributed by atoms with Crippen molar-refractivity contribution in [1.29, 1.82) is 0 Å². The van der Waals surface area contributed by atoms with Gasteiger partial charge < -0.3 is 14.7 Å². The third-order valence-electron chi connectivity index (χ3n) is 5.66. The van der Waals surface area contributed by atoms with Gasteiger partial charge in [0.05, 0.1) is 11.4 Å². The topological polar surface area (TPSA) is 90.4 Å². The number of hydrogen-bond donors (Lipinski definition) is 0. The van der Waals surface area contributed by atoms with Crippen LogP contribution in [0.4, 0.5) is 5.69 Å². The zero-order chi connectivity index (χ0) is 22.5. The van der Waals surface area contributed by atoms with Gasteiger partial charge in [0.15, 0.2) is 5.17 Å². The molecule has 32 heavy (non-hydrogen) atoms. The summed E-state index contributed by atoms with van der Waals surface area (Å²) in [6, 6.07) is 12.2. The van der Waals surface area contributed by atoms with Crippen LogP contribution in [0.25, 0.3) is 0 Å². The highest BCUT2D eigenvalue weighted by Crippen LogP contribution is 2.42. The molecule has 0 N–H and O–H groups in total. The predicted octanol–water partition coefficient (Wildman–Crippen LogP) is 2.55. The van der Waals surface area contributed by atoms with Gasteiger partial charge in [0.2, 0.25) is 0 Å². The van der Waals surface area contributed by atoms with Gasteiger partial charge in [-0.1, -0.05) is 11.6 Å². The molecule has 0 atom stereocenters. The maximum absolute atomic E-state index is 13.1. The third-order valence-corrected chi connectivity index (χ3v) is 8.22. The lowest BCUT2D eigenvalue weighted by Crippen LogP contribution is -2.50. The number of nitrogens with zero attached hydrogens (tertiary/aromatic N) is 4. The summed E-state index contributed by atoms with van der Waals surface area (Å²) in [6.45, 7) is 2.15. The second-order valence-electron chi connectivity index (χ2n) is 7.69. The van der Waals surface area contributed by atoms with Crippen LogP contribution >= 0.6 is 23.4 Å². The van der Waals surface area contributed by atoms with Crippen LogP contribution in [0.15, 0.2) is 51.8 Å². The molecule has 1 fully saturated rings.